The van der Waals surface area contributed by atoms with Crippen molar-refractivity contribution in [2.24, 2.45) is 0 Å². The summed E-state index contributed by atoms with van der Waals surface area (Å²) >= 11 is 0. The van der Waals surface area contributed by atoms with E-state index in [1.165, 1.54) is 11.6 Å². The van der Waals surface area contributed by atoms with Crippen molar-refractivity contribution in [3.63, 3.8) is 0 Å². The number of unbranched alkanes of at least 4 members (excludes halogenated alkanes) is 1. The van der Waals surface area contributed by atoms with Crippen LogP contribution in [-0.2, 0) is 0 Å². The average Bonchev–Trinajstić information content (AvgIpc) is 2.66. The van der Waals surface area contributed by atoms with Crippen LogP contribution in [0.15, 0.2) is 48.5 Å². The topological polar surface area (TPSA) is 12.5 Å². The lowest BCUT2D eigenvalue weighted by Gasteiger charge is -2.48. The largest absolute Gasteiger partial charge is 0.493 e. The Hall–Kier alpha value is -1.94. The fraction of sp³-hybridized carbons (Fsp3) is 0.435. The molecule has 1 aliphatic heterocycles. The third-order valence-electron chi connectivity index (χ3n) is 5.52. The molecule has 0 N–H and O–H groups in total. The predicted molar refractivity (Wildman–Crippen MR) is 105 cm³/mol. The molecule has 0 spiro atoms. The van der Waals surface area contributed by atoms with E-state index in [1.807, 2.05) is 0 Å². The van der Waals surface area contributed by atoms with Gasteiger partial charge in [-0.05, 0) is 70.3 Å². The van der Waals surface area contributed by atoms with Crippen molar-refractivity contribution < 1.29 is 13.5 Å². The minimum absolute atomic E-state index is 0.0700. The van der Waals surface area contributed by atoms with E-state index in [2.05, 4.69) is 55.5 Å². The molecule has 1 unspecified atom stereocenters. The summed E-state index contributed by atoms with van der Waals surface area (Å²) in [7, 11) is 0. The first-order valence-electron chi connectivity index (χ1n) is 9.69. The molecule has 1 aliphatic rings. The Labute approximate surface area is 161 Å². The molecule has 2 nitrogen and oxygen atoms in total. The van der Waals surface area contributed by atoms with E-state index >= 15 is 0 Å². The molecule has 1 radical (unpaired) electrons. The monoisotopic (exact) mass is 372 g/mol. The standard InChI is InChI=1S/C23H28F2NO/c1-23(2)20(18-9-4-3-5-10-18)11-8-15-26(23)14-6-7-16-27-19-12-13-21(24)22(25)17-19/h3-5,9-13,17,20H,6-8,14-16H2,1-2H3. The van der Waals surface area contributed by atoms with Gasteiger partial charge in [0.1, 0.15) is 5.75 Å². The molecule has 0 saturated carbocycles. The molecule has 1 atom stereocenters. The highest BCUT2D eigenvalue weighted by atomic mass is 19.2. The molecular weight excluding hydrogens is 344 g/mol. The highest BCUT2D eigenvalue weighted by Crippen LogP contribution is 2.39. The van der Waals surface area contributed by atoms with Crippen molar-refractivity contribution in [3.8, 4) is 5.75 Å². The Morgan fingerprint density at radius 1 is 1.04 bits per heavy atom. The number of halogens is 2. The number of rotatable bonds is 7. The number of ether oxygens (including phenoxy) is 1. The first kappa shape index (κ1) is 19.8. The smallest absolute Gasteiger partial charge is 0.162 e. The summed E-state index contributed by atoms with van der Waals surface area (Å²) in [5.74, 6) is -0.915. The molecule has 1 fully saturated rings. The van der Waals surface area contributed by atoms with Gasteiger partial charge < -0.3 is 4.74 Å². The summed E-state index contributed by atoms with van der Waals surface area (Å²) in [4.78, 5) is 2.56. The summed E-state index contributed by atoms with van der Waals surface area (Å²) < 4.78 is 31.7. The third kappa shape index (κ3) is 4.86. The Morgan fingerprint density at radius 2 is 1.81 bits per heavy atom. The molecule has 0 amide bonds. The van der Waals surface area contributed by atoms with Crippen LogP contribution in [0.5, 0.6) is 5.75 Å². The summed E-state index contributed by atoms with van der Waals surface area (Å²) in [5.41, 5.74) is 1.44. The van der Waals surface area contributed by atoms with Crippen LogP contribution < -0.4 is 4.74 Å². The van der Waals surface area contributed by atoms with Gasteiger partial charge in [-0.15, -0.1) is 0 Å². The van der Waals surface area contributed by atoms with Crippen molar-refractivity contribution in [1.29, 1.82) is 0 Å². The summed E-state index contributed by atoms with van der Waals surface area (Å²) in [5, 5.41) is 0. The van der Waals surface area contributed by atoms with E-state index in [4.69, 9.17) is 4.74 Å². The maximum atomic E-state index is 13.2. The van der Waals surface area contributed by atoms with Gasteiger partial charge in [-0.25, -0.2) is 8.78 Å². The molecule has 0 aliphatic carbocycles. The molecule has 1 heterocycles. The second-order valence-electron chi connectivity index (χ2n) is 7.68. The van der Waals surface area contributed by atoms with Gasteiger partial charge in [0.25, 0.3) is 0 Å². The molecule has 27 heavy (non-hydrogen) atoms. The van der Waals surface area contributed by atoms with Crippen molar-refractivity contribution in [2.75, 3.05) is 19.7 Å². The zero-order valence-electron chi connectivity index (χ0n) is 16.1. The van der Waals surface area contributed by atoms with Crippen LogP contribution in [0.3, 0.4) is 0 Å². The van der Waals surface area contributed by atoms with Gasteiger partial charge >= 0.3 is 0 Å². The highest BCUT2D eigenvalue weighted by Gasteiger charge is 2.38. The van der Waals surface area contributed by atoms with E-state index in [0.29, 0.717) is 18.3 Å². The summed E-state index contributed by atoms with van der Waals surface area (Å²) in [6, 6.07) is 14.4. The molecule has 2 aromatic rings. The van der Waals surface area contributed by atoms with Gasteiger partial charge in [-0.1, -0.05) is 30.3 Å². The summed E-state index contributed by atoms with van der Waals surface area (Å²) in [6.07, 6.45) is 5.42. The van der Waals surface area contributed by atoms with Crippen LogP contribution in [0, 0.1) is 18.1 Å². The average molecular weight is 372 g/mol. The second-order valence-corrected chi connectivity index (χ2v) is 7.68. The quantitative estimate of drug-likeness (QED) is 0.587. The number of hydrogen-bond donors (Lipinski definition) is 0. The van der Waals surface area contributed by atoms with Crippen molar-refractivity contribution >= 4 is 0 Å². The highest BCUT2D eigenvalue weighted by molar-refractivity contribution is 5.28. The van der Waals surface area contributed by atoms with Gasteiger partial charge in [0.05, 0.1) is 6.61 Å². The molecule has 145 valence electrons. The maximum absolute atomic E-state index is 13.2. The van der Waals surface area contributed by atoms with Gasteiger partial charge in [0.2, 0.25) is 0 Å². The Bertz CT molecular complexity index is 732. The fourth-order valence-electron chi connectivity index (χ4n) is 3.94. The Kier molecular flexibility index (Phi) is 6.48. The van der Waals surface area contributed by atoms with Crippen molar-refractivity contribution in [1.82, 2.24) is 4.90 Å². The second kappa shape index (κ2) is 8.83. The number of piperidine rings is 1. The predicted octanol–water partition coefficient (Wildman–Crippen LogP) is 5.60. The molecule has 3 rings (SSSR count). The summed E-state index contributed by atoms with van der Waals surface area (Å²) in [6.45, 7) is 7.22. The minimum atomic E-state index is -0.870. The molecule has 0 bridgehead atoms. The first-order chi connectivity index (χ1) is 13.0. The van der Waals surface area contributed by atoms with Crippen LogP contribution in [0.2, 0.25) is 0 Å². The normalized spacial score (nSPS) is 19.8. The zero-order valence-corrected chi connectivity index (χ0v) is 16.1. The molecule has 1 saturated heterocycles. The van der Waals surface area contributed by atoms with E-state index in [1.54, 1.807) is 0 Å². The van der Waals surface area contributed by atoms with Crippen LogP contribution >= 0.6 is 0 Å². The minimum Gasteiger partial charge on any atom is -0.493 e. The zero-order chi connectivity index (χ0) is 19.3. The van der Waals surface area contributed by atoms with E-state index in [9.17, 15) is 8.78 Å². The van der Waals surface area contributed by atoms with Crippen LogP contribution in [0.25, 0.3) is 0 Å². The number of benzene rings is 2. The fourth-order valence-corrected chi connectivity index (χ4v) is 3.94. The van der Waals surface area contributed by atoms with E-state index < -0.39 is 11.6 Å². The lowest BCUT2D eigenvalue weighted by atomic mass is 9.75. The SMILES string of the molecule is CC1(C)C(c2ccccc2)[CH]CCN1CCCCOc1ccc(F)c(F)c1. The van der Waals surface area contributed by atoms with Crippen molar-refractivity contribution in [2.45, 2.75) is 44.6 Å². The van der Waals surface area contributed by atoms with Crippen molar-refractivity contribution in [3.05, 3.63) is 72.1 Å². The number of nitrogens with zero attached hydrogens (tertiary/aromatic N) is 1. The van der Waals surface area contributed by atoms with Gasteiger partial charge in [0.15, 0.2) is 11.6 Å². The lowest BCUT2D eigenvalue weighted by molar-refractivity contribution is 0.0753. The van der Waals surface area contributed by atoms with Crippen LogP contribution in [-0.4, -0.2) is 30.1 Å². The number of likely N-dealkylation sites (tertiary alicyclic amines) is 1. The van der Waals surface area contributed by atoms with Gasteiger partial charge in [-0.3, -0.25) is 4.90 Å². The number of hydrogen-bond acceptors (Lipinski definition) is 2. The molecule has 0 aromatic heterocycles. The van der Waals surface area contributed by atoms with Crippen LogP contribution in [0.4, 0.5) is 8.78 Å². The van der Waals surface area contributed by atoms with Gasteiger partial charge in [0, 0.05) is 17.5 Å². The maximum Gasteiger partial charge on any atom is 0.162 e. The van der Waals surface area contributed by atoms with E-state index in [-0.39, 0.29) is 5.54 Å². The van der Waals surface area contributed by atoms with E-state index in [0.717, 1.165) is 44.5 Å². The molecule has 2 aromatic carbocycles. The van der Waals surface area contributed by atoms with Crippen LogP contribution in [0.1, 0.15) is 44.6 Å². The third-order valence-corrected chi connectivity index (χ3v) is 5.52. The Balaban J connectivity index is 1.48. The van der Waals surface area contributed by atoms with Gasteiger partial charge in [-0.2, -0.15) is 0 Å². The first-order valence-corrected chi connectivity index (χ1v) is 9.69. The molecular formula is C23H28F2NO. The Morgan fingerprint density at radius 3 is 2.56 bits per heavy atom. The molecule has 4 heteroatoms. The lowest BCUT2D eigenvalue weighted by Crippen LogP contribution is -2.52.